The van der Waals surface area contributed by atoms with E-state index in [9.17, 15) is 0 Å². The van der Waals surface area contributed by atoms with Crippen molar-refractivity contribution >= 4 is 5.71 Å². The second kappa shape index (κ2) is 10.1. The van der Waals surface area contributed by atoms with Crippen molar-refractivity contribution in [3.63, 3.8) is 0 Å². The van der Waals surface area contributed by atoms with Crippen LogP contribution < -0.4 is 0 Å². The molecule has 0 aliphatic carbocycles. The molecule has 0 N–H and O–H groups in total. The predicted molar refractivity (Wildman–Crippen MR) is 76.6 cm³/mol. The van der Waals surface area contributed by atoms with Gasteiger partial charge in [-0.05, 0) is 25.8 Å². The van der Waals surface area contributed by atoms with E-state index in [1.807, 2.05) is 26.1 Å². The van der Waals surface area contributed by atoms with Crippen molar-refractivity contribution in [1.82, 2.24) is 0 Å². The average Bonchev–Trinajstić information content (AvgIpc) is 2.36. The Morgan fingerprint density at radius 3 is 2.53 bits per heavy atom. The molecule has 0 fully saturated rings. The largest absolute Gasteiger partial charge is 0.498 e. The van der Waals surface area contributed by atoms with E-state index in [1.54, 1.807) is 0 Å². The summed E-state index contributed by atoms with van der Waals surface area (Å²) < 4.78 is 5.82. The highest BCUT2D eigenvalue weighted by molar-refractivity contribution is 5.86. The van der Waals surface area contributed by atoms with Crippen LogP contribution in [-0.4, -0.2) is 19.4 Å². The molecular formula is C15H27NO. The fourth-order valence-corrected chi connectivity index (χ4v) is 1.85. The monoisotopic (exact) mass is 237 g/mol. The zero-order chi connectivity index (χ0) is 13.1. The summed E-state index contributed by atoms with van der Waals surface area (Å²) in [6.45, 7) is 10.8. The summed E-state index contributed by atoms with van der Waals surface area (Å²) >= 11 is 0. The summed E-state index contributed by atoms with van der Waals surface area (Å²) in [6.07, 6.45) is 8.06. The Balaban J connectivity index is 4.46. The minimum atomic E-state index is 0.374. The van der Waals surface area contributed by atoms with Gasteiger partial charge >= 0.3 is 0 Å². The number of aliphatic imine (C=N–C) groups is 1. The molecule has 0 bridgehead atoms. The number of nitrogens with zero attached hydrogens (tertiary/aromatic N) is 1. The summed E-state index contributed by atoms with van der Waals surface area (Å²) in [5.74, 6) is 1.44. The second-order valence-electron chi connectivity index (χ2n) is 4.11. The Morgan fingerprint density at radius 1 is 1.41 bits per heavy atom. The van der Waals surface area contributed by atoms with Gasteiger partial charge in [0.25, 0.3) is 0 Å². The van der Waals surface area contributed by atoms with Crippen LogP contribution in [0.1, 0.15) is 46.5 Å². The molecule has 0 spiro atoms. The molecule has 0 aliphatic rings. The highest BCUT2D eigenvalue weighted by Gasteiger charge is 2.14. The van der Waals surface area contributed by atoms with E-state index in [2.05, 4.69) is 25.4 Å². The highest BCUT2D eigenvalue weighted by Crippen LogP contribution is 2.14. The molecule has 0 saturated heterocycles. The quantitative estimate of drug-likeness (QED) is 0.331. The number of ether oxygens (including phenoxy) is 1. The summed E-state index contributed by atoms with van der Waals surface area (Å²) in [7, 11) is 1.87. The van der Waals surface area contributed by atoms with Crippen LogP contribution in [0.15, 0.2) is 29.5 Å². The first-order chi connectivity index (χ1) is 8.23. The van der Waals surface area contributed by atoms with Gasteiger partial charge in [-0.25, -0.2) is 0 Å². The number of hydrogen-bond acceptors (Lipinski definition) is 2. The minimum Gasteiger partial charge on any atom is -0.498 e. The zero-order valence-corrected chi connectivity index (χ0v) is 11.8. The molecule has 0 rings (SSSR count). The Bertz CT molecular complexity index is 266. The van der Waals surface area contributed by atoms with Crippen molar-refractivity contribution in [1.29, 1.82) is 0 Å². The van der Waals surface area contributed by atoms with Gasteiger partial charge in [-0.15, -0.1) is 6.58 Å². The molecule has 2 heteroatoms. The van der Waals surface area contributed by atoms with Crippen molar-refractivity contribution < 1.29 is 4.74 Å². The van der Waals surface area contributed by atoms with Gasteiger partial charge < -0.3 is 4.74 Å². The number of rotatable bonds is 9. The first kappa shape index (κ1) is 16.0. The van der Waals surface area contributed by atoms with Crippen molar-refractivity contribution in [3.8, 4) is 0 Å². The minimum absolute atomic E-state index is 0.374. The molecule has 0 saturated carbocycles. The maximum Gasteiger partial charge on any atom is 0.0960 e. The third-order valence-electron chi connectivity index (χ3n) is 2.86. The molecule has 0 radical (unpaired) electrons. The predicted octanol–water partition coefficient (Wildman–Crippen LogP) is 4.38. The topological polar surface area (TPSA) is 21.6 Å². The first-order valence-corrected chi connectivity index (χ1v) is 6.57. The summed E-state index contributed by atoms with van der Waals surface area (Å²) in [4.78, 5) is 4.40. The lowest BCUT2D eigenvalue weighted by atomic mass is 9.97. The van der Waals surface area contributed by atoms with Crippen LogP contribution >= 0.6 is 0 Å². The third kappa shape index (κ3) is 6.30. The smallest absolute Gasteiger partial charge is 0.0960 e. The Labute approximate surface area is 106 Å². The fourth-order valence-electron chi connectivity index (χ4n) is 1.85. The maximum atomic E-state index is 5.82. The van der Waals surface area contributed by atoms with E-state index in [-0.39, 0.29) is 0 Å². The second-order valence-corrected chi connectivity index (χ2v) is 4.11. The van der Waals surface area contributed by atoms with Crippen LogP contribution in [0.3, 0.4) is 0 Å². The molecular weight excluding hydrogens is 210 g/mol. The SMILES string of the molecule is C=CCC(CO/C(=C/C)CC)/C(CCC)=N\C. The summed E-state index contributed by atoms with van der Waals surface area (Å²) in [5.41, 5.74) is 1.25. The van der Waals surface area contributed by atoms with Gasteiger partial charge in [-0.1, -0.05) is 26.3 Å². The average molecular weight is 237 g/mol. The Hall–Kier alpha value is -1.05. The lowest BCUT2D eigenvalue weighted by Gasteiger charge is -2.19. The van der Waals surface area contributed by atoms with Crippen molar-refractivity contribution in [2.75, 3.05) is 13.7 Å². The molecule has 0 aromatic rings. The molecule has 2 nitrogen and oxygen atoms in total. The molecule has 0 aliphatic heterocycles. The van der Waals surface area contributed by atoms with Crippen molar-refractivity contribution in [3.05, 3.63) is 24.5 Å². The molecule has 1 atom stereocenters. The lowest BCUT2D eigenvalue weighted by Crippen LogP contribution is -2.20. The lowest BCUT2D eigenvalue weighted by molar-refractivity contribution is 0.181. The fraction of sp³-hybridized carbons (Fsp3) is 0.667. The van der Waals surface area contributed by atoms with Gasteiger partial charge in [0.15, 0.2) is 0 Å². The normalized spacial score (nSPS) is 14.6. The molecule has 17 heavy (non-hydrogen) atoms. The first-order valence-electron chi connectivity index (χ1n) is 6.57. The van der Waals surface area contributed by atoms with Crippen molar-refractivity contribution in [2.45, 2.75) is 46.5 Å². The summed E-state index contributed by atoms with van der Waals surface area (Å²) in [6, 6.07) is 0. The molecule has 98 valence electrons. The number of hydrogen-bond donors (Lipinski definition) is 0. The van der Waals surface area contributed by atoms with E-state index in [0.717, 1.165) is 31.4 Å². The molecule has 0 aromatic carbocycles. The van der Waals surface area contributed by atoms with Gasteiger partial charge in [-0.2, -0.15) is 0 Å². The van der Waals surface area contributed by atoms with Gasteiger partial charge in [0, 0.05) is 25.1 Å². The van der Waals surface area contributed by atoms with Crippen LogP contribution in [0.5, 0.6) is 0 Å². The third-order valence-corrected chi connectivity index (χ3v) is 2.86. The molecule has 0 amide bonds. The molecule has 0 heterocycles. The van der Waals surface area contributed by atoms with E-state index in [1.165, 1.54) is 5.71 Å². The van der Waals surface area contributed by atoms with Gasteiger partial charge in [0.05, 0.1) is 12.4 Å². The van der Waals surface area contributed by atoms with E-state index < -0.39 is 0 Å². The van der Waals surface area contributed by atoms with Crippen LogP contribution in [-0.2, 0) is 4.74 Å². The number of allylic oxidation sites excluding steroid dienone is 3. The maximum absolute atomic E-state index is 5.82. The van der Waals surface area contributed by atoms with Gasteiger partial charge in [-0.3, -0.25) is 4.99 Å². The Morgan fingerprint density at radius 2 is 2.12 bits per heavy atom. The Kier molecular flexibility index (Phi) is 9.50. The van der Waals surface area contributed by atoms with Crippen LogP contribution in [0.2, 0.25) is 0 Å². The van der Waals surface area contributed by atoms with Gasteiger partial charge in [0.1, 0.15) is 0 Å². The highest BCUT2D eigenvalue weighted by atomic mass is 16.5. The van der Waals surface area contributed by atoms with E-state index >= 15 is 0 Å². The van der Waals surface area contributed by atoms with Crippen LogP contribution in [0.25, 0.3) is 0 Å². The van der Waals surface area contributed by atoms with E-state index in [4.69, 9.17) is 4.74 Å². The van der Waals surface area contributed by atoms with Crippen molar-refractivity contribution in [2.24, 2.45) is 10.9 Å². The van der Waals surface area contributed by atoms with Crippen LogP contribution in [0, 0.1) is 5.92 Å². The van der Waals surface area contributed by atoms with Gasteiger partial charge in [0.2, 0.25) is 0 Å². The van der Waals surface area contributed by atoms with E-state index in [0.29, 0.717) is 12.5 Å². The molecule has 1 unspecified atom stereocenters. The van der Waals surface area contributed by atoms with Crippen LogP contribution in [0.4, 0.5) is 0 Å². The zero-order valence-electron chi connectivity index (χ0n) is 11.8. The summed E-state index contributed by atoms with van der Waals surface area (Å²) in [5, 5.41) is 0. The standard InChI is InChI=1S/C15H27NO/c1-6-10-13(15(16-5)11-7-2)12-17-14(8-3)9-4/h6,8,13H,1,7,9-12H2,2-5H3/b14-8+,16-15-. The molecule has 0 aromatic heterocycles.